The van der Waals surface area contributed by atoms with Crippen molar-refractivity contribution in [2.45, 2.75) is 19.4 Å². The number of aromatic nitrogens is 1. The smallest absolute Gasteiger partial charge is 0.119 e. The largest absolute Gasteiger partial charge is 0.492 e. The molecule has 4 heteroatoms. The normalized spacial score (nSPS) is 16.8. The van der Waals surface area contributed by atoms with Gasteiger partial charge in [0.05, 0.1) is 6.04 Å². The van der Waals surface area contributed by atoms with Crippen LogP contribution in [0.4, 0.5) is 0 Å². The maximum absolute atomic E-state index is 5.93. The molecule has 0 unspecified atom stereocenters. The van der Waals surface area contributed by atoms with Crippen LogP contribution in [-0.4, -0.2) is 43.7 Å². The van der Waals surface area contributed by atoms with Crippen molar-refractivity contribution < 1.29 is 4.74 Å². The average molecular weight is 349 g/mol. The van der Waals surface area contributed by atoms with E-state index in [0.29, 0.717) is 6.61 Å². The Hall–Kier alpha value is -2.30. The molecule has 0 fully saturated rings. The number of hydrogen-bond acceptors (Lipinski definition) is 3. The molecule has 0 saturated heterocycles. The van der Waals surface area contributed by atoms with Gasteiger partial charge >= 0.3 is 0 Å². The van der Waals surface area contributed by atoms with Gasteiger partial charge in [-0.2, -0.15) is 0 Å². The summed E-state index contributed by atoms with van der Waals surface area (Å²) in [4.78, 5) is 5.79. The molecule has 0 bridgehead atoms. The Bertz CT molecular complexity index is 913. The summed E-state index contributed by atoms with van der Waals surface area (Å²) in [5.41, 5.74) is 6.53. The lowest BCUT2D eigenvalue weighted by atomic mass is 9.94. The van der Waals surface area contributed by atoms with Crippen LogP contribution in [0, 0.1) is 6.92 Å². The summed E-state index contributed by atoms with van der Waals surface area (Å²) in [5, 5.41) is 5.04. The number of nitrogens with one attached hydrogen (secondary N) is 2. The molecule has 1 aliphatic rings. The third kappa shape index (κ3) is 3.35. The second-order valence-electron chi connectivity index (χ2n) is 7.43. The minimum absolute atomic E-state index is 0.184. The number of aryl methyl sites for hydroxylation is 1. The minimum Gasteiger partial charge on any atom is -0.492 e. The van der Waals surface area contributed by atoms with Gasteiger partial charge in [-0.1, -0.05) is 23.8 Å². The number of H-pyrrole nitrogens is 1. The molecule has 3 aromatic rings. The second kappa shape index (κ2) is 7.14. The van der Waals surface area contributed by atoms with Crippen molar-refractivity contribution in [1.29, 1.82) is 0 Å². The van der Waals surface area contributed by atoms with Crippen molar-refractivity contribution >= 4 is 10.9 Å². The molecule has 0 aliphatic carbocycles. The summed E-state index contributed by atoms with van der Waals surface area (Å²) >= 11 is 0. The summed E-state index contributed by atoms with van der Waals surface area (Å²) in [7, 11) is 4.12. The number of benzene rings is 2. The summed E-state index contributed by atoms with van der Waals surface area (Å²) < 4.78 is 5.93. The van der Waals surface area contributed by atoms with Gasteiger partial charge in [0.2, 0.25) is 0 Å². The van der Waals surface area contributed by atoms with Crippen LogP contribution in [0.25, 0.3) is 10.9 Å². The lowest BCUT2D eigenvalue weighted by molar-refractivity contribution is 0.261. The third-order valence-electron chi connectivity index (χ3n) is 5.11. The highest BCUT2D eigenvalue weighted by Crippen LogP contribution is 2.34. The second-order valence-corrected chi connectivity index (χ2v) is 7.43. The monoisotopic (exact) mass is 349 g/mol. The van der Waals surface area contributed by atoms with Gasteiger partial charge in [0, 0.05) is 29.7 Å². The summed E-state index contributed by atoms with van der Waals surface area (Å²) in [5.74, 6) is 0.935. The van der Waals surface area contributed by atoms with Gasteiger partial charge in [-0.25, -0.2) is 0 Å². The SMILES string of the molecule is Cc1ccc2[nH]c3c(c2c1)CCN[C@H]3c1cccc(OCCN(C)C)c1. The maximum atomic E-state index is 5.93. The molecule has 1 aromatic heterocycles. The summed E-state index contributed by atoms with van der Waals surface area (Å²) in [6, 6.07) is 15.3. The van der Waals surface area contributed by atoms with E-state index in [0.717, 1.165) is 25.3 Å². The first-order valence-corrected chi connectivity index (χ1v) is 9.34. The van der Waals surface area contributed by atoms with E-state index in [4.69, 9.17) is 4.74 Å². The van der Waals surface area contributed by atoms with E-state index in [9.17, 15) is 0 Å². The Labute approximate surface area is 155 Å². The summed E-state index contributed by atoms with van der Waals surface area (Å²) in [6.07, 6.45) is 1.06. The van der Waals surface area contributed by atoms with Crippen molar-refractivity contribution in [3.05, 3.63) is 64.8 Å². The maximum Gasteiger partial charge on any atom is 0.119 e. The van der Waals surface area contributed by atoms with E-state index >= 15 is 0 Å². The number of likely N-dealkylation sites (N-methyl/N-ethyl adjacent to an activating group) is 1. The fourth-order valence-corrected chi connectivity index (χ4v) is 3.76. The predicted molar refractivity (Wildman–Crippen MR) is 107 cm³/mol. The van der Waals surface area contributed by atoms with Crippen LogP contribution >= 0.6 is 0 Å². The van der Waals surface area contributed by atoms with Crippen LogP contribution in [0.1, 0.15) is 28.4 Å². The van der Waals surface area contributed by atoms with Crippen LogP contribution < -0.4 is 10.1 Å². The number of hydrogen-bond donors (Lipinski definition) is 2. The Kier molecular flexibility index (Phi) is 4.70. The molecule has 0 amide bonds. The standard InChI is InChI=1S/C22H27N3O/c1-15-7-8-20-19(13-15)18-9-10-23-21(22(18)24-20)16-5-4-6-17(14-16)26-12-11-25(2)3/h4-8,13-14,21,23-24H,9-12H2,1-3H3/t21-/m0/s1. The highest BCUT2D eigenvalue weighted by Gasteiger charge is 2.25. The van der Waals surface area contributed by atoms with Gasteiger partial charge in [-0.05, 0) is 62.8 Å². The fraction of sp³-hybridized carbons (Fsp3) is 0.364. The van der Waals surface area contributed by atoms with Crippen molar-refractivity contribution in [2.75, 3.05) is 33.8 Å². The molecule has 26 heavy (non-hydrogen) atoms. The predicted octanol–water partition coefficient (Wildman–Crippen LogP) is 3.65. The van der Waals surface area contributed by atoms with Crippen molar-refractivity contribution in [3.8, 4) is 5.75 Å². The zero-order valence-corrected chi connectivity index (χ0v) is 15.8. The van der Waals surface area contributed by atoms with E-state index in [2.05, 4.69) is 72.6 Å². The highest BCUT2D eigenvalue weighted by atomic mass is 16.5. The first-order chi connectivity index (χ1) is 12.6. The molecule has 2 N–H and O–H groups in total. The van der Waals surface area contributed by atoms with Crippen LogP contribution in [0.2, 0.25) is 0 Å². The average Bonchev–Trinajstić information content (AvgIpc) is 2.99. The van der Waals surface area contributed by atoms with Crippen LogP contribution in [0.5, 0.6) is 5.75 Å². The molecule has 0 spiro atoms. The zero-order valence-electron chi connectivity index (χ0n) is 15.8. The van der Waals surface area contributed by atoms with Gasteiger partial charge < -0.3 is 19.9 Å². The molecule has 0 radical (unpaired) electrons. The summed E-state index contributed by atoms with van der Waals surface area (Å²) in [6.45, 7) is 4.76. The molecular weight excluding hydrogens is 322 g/mol. The molecule has 1 atom stereocenters. The molecule has 136 valence electrons. The van der Waals surface area contributed by atoms with Gasteiger partial charge in [0.15, 0.2) is 0 Å². The zero-order chi connectivity index (χ0) is 18.1. The third-order valence-corrected chi connectivity index (χ3v) is 5.11. The van der Waals surface area contributed by atoms with E-state index in [1.165, 1.54) is 33.3 Å². The Morgan fingerprint density at radius 3 is 2.88 bits per heavy atom. The molecule has 4 rings (SSSR count). The highest BCUT2D eigenvalue weighted by molar-refractivity contribution is 5.86. The van der Waals surface area contributed by atoms with E-state index in [1.807, 2.05) is 6.07 Å². The number of fused-ring (bicyclic) bond motifs is 3. The number of ether oxygens (including phenoxy) is 1. The van der Waals surface area contributed by atoms with Crippen molar-refractivity contribution in [2.24, 2.45) is 0 Å². The first-order valence-electron chi connectivity index (χ1n) is 9.34. The van der Waals surface area contributed by atoms with Crippen molar-refractivity contribution in [3.63, 3.8) is 0 Å². The number of rotatable bonds is 5. The van der Waals surface area contributed by atoms with Gasteiger partial charge in [0.1, 0.15) is 12.4 Å². The van der Waals surface area contributed by atoms with E-state index < -0.39 is 0 Å². The Balaban J connectivity index is 1.64. The fourth-order valence-electron chi connectivity index (χ4n) is 3.76. The number of nitrogens with zero attached hydrogens (tertiary/aromatic N) is 1. The molecule has 1 aliphatic heterocycles. The first kappa shape index (κ1) is 17.1. The Morgan fingerprint density at radius 1 is 1.15 bits per heavy atom. The molecule has 4 nitrogen and oxygen atoms in total. The van der Waals surface area contributed by atoms with Crippen LogP contribution in [0.3, 0.4) is 0 Å². The lowest BCUT2D eigenvalue weighted by Crippen LogP contribution is -2.30. The van der Waals surface area contributed by atoms with E-state index in [-0.39, 0.29) is 6.04 Å². The molecular formula is C22H27N3O. The van der Waals surface area contributed by atoms with Gasteiger partial charge in [-0.15, -0.1) is 0 Å². The van der Waals surface area contributed by atoms with Gasteiger partial charge in [-0.3, -0.25) is 0 Å². The Morgan fingerprint density at radius 2 is 2.04 bits per heavy atom. The quantitative estimate of drug-likeness (QED) is 0.739. The lowest BCUT2D eigenvalue weighted by Gasteiger charge is -2.25. The van der Waals surface area contributed by atoms with Crippen molar-refractivity contribution in [1.82, 2.24) is 15.2 Å². The molecule has 0 saturated carbocycles. The topological polar surface area (TPSA) is 40.3 Å². The van der Waals surface area contributed by atoms with E-state index in [1.54, 1.807) is 0 Å². The number of aromatic amines is 1. The molecule has 2 aromatic carbocycles. The van der Waals surface area contributed by atoms with Crippen LogP contribution in [-0.2, 0) is 6.42 Å². The molecule has 2 heterocycles. The van der Waals surface area contributed by atoms with Gasteiger partial charge in [0.25, 0.3) is 0 Å². The van der Waals surface area contributed by atoms with Crippen LogP contribution in [0.15, 0.2) is 42.5 Å². The minimum atomic E-state index is 0.184.